The fourth-order valence-corrected chi connectivity index (χ4v) is 4.74. The molecule has 0 spiro atoms. The number of rotatable bonds is 9. The highest BCUT2D eigenvalue weighted by Gasteiger charge is 2.16. The Morgan fingerprint density at radius 1 is 0.886 bits per heavy atom. The van der Waals surface area contributed by atoms with Gasteiger partial charge in [-0.2, -0.15) is 0 Å². The first-order chi connectivity index (χ1) is 17.2. The molecule has 0 amide bonds. The average Bonchev–Trinajstić information content (AvgIpc) is 3.36. The van der Waals surface area contributed by atoms with Gasteiger partial charge in [-0.3, -0.25) is 4.98 Å². The number of nitrogens with zero attached hydrogens (tertiary/aromatic N) is 6. The Labute approximate surface area is 207 Å². The minimum Gasteiger partial charge on any atom is -0.497 e. The number of hydrogen-bond acceptors (Lipinski definition) is 6. The van der Waals surface area contributed by atoms with Crippen LogP contribution in [0.5, 0.6) is 5.75 Å². The van der Waals surface area contributed by atoms with Crippen LogP contribution in [0, 0.1) is 0 Å². The Hall–Kier alpha value is -3.48. The van der Waals surface area contributed by atoms with Crippen molar-refractivity contribution < 1.29 is 4.74 Å². The molecule has 5 rings (SSSR count). The van der Waals surface area contributed by atoms with Crippen molar-refractivity contribution in [2.75, 3.05) is 25.1 Å². The topological polar surface area (TPSA) is 68.4 Å². The Kier molecular flexibility index (Phi) is 7.21. The number of piperidine rings is 1. The third-order valence-corrected chi connectivity index (χ3v) is 6.61. The van der Waals surface area contributed by atoms with Crippen molar-refractivity contribution >= 4 is 11.5 Å². The number of hydrogen-bond donors (Lipinski definition) is 0. The van der Waals surface area contributed by atoms with Crippen LogP contribution < -0.4 is 9.64 Å². The van der Waals surface area contributed by atoms with Crippen molar-refractivity contribution in [3.05, 3.63) is 77.4 Å². The minimum absolute atomic E-state index is 0.588. The molecule has 0 N–H and O–H groups in total. The molecule has 1 saturated heterocycles. The van der Waals surface area contributed by atoms with E-state index in [1.807, 2.05) is 28.9 Å². The van der Waals surface area contributed by atoms with Crippen LogP contribution in [0.2, 0.25) is 0 Å². The highest BCUT2D eigenvalue weighted by Crippen LogP contribution is 2.22. The Morgan fingerprint density at radius 3 is 2.54 bits per heavy atom. The van der Waals surface area contributed by atoms with E-state index in [9.17, 15) is 0 Å². The summed E-state index contributed by atoms with van der Waals surface area (Å²) in [4.78, 5) is 21.7. The van der Waals surface area contributed by atoms with Gasteiger partial charge in [0.05, 0.1) is 24.9 Å². The van der Waals surface area contributed by atoms with E-state index >= 15 is 0 Å². The van der Waals surface area contributed by atoms with E-state index < -0.39 is 0 Å². The third kappa shape index (κ3) is 5.78. The van der Waals surface area contributed by atoms with E-state index in [1.165, 1.54) is 24.8 Å². The van der Waals surface area contributed by atoms with E-state index in [-0.39, 0.29) is 0 Å². The molecule has 182 valence electrons. The van der Waals surface area contributed by atoms with E-state index in [0.717, 1.165) is 78.9 Å². The second-order valence-corrected chi connectivity index (χ2v) is 9.36. The van der Waals surface area contributed by atoms with Crippen LogP contribution in [-0.4, -0.2) is 44.5 Å². The summed E-state index contributed by atoms with van der Waals surface area (Å²) < 4.78 is 7.59. The predicted octanol–water partition coefficient (Wildman–Crippen LogP) is 5.04. The average molecular weight is 471 g/mol. The molecular formula is C28H34N6O. The number of anilines is 1. The molecule has 4 aromatic heterocycles. The molecule has 4 aromatic rings. The van der Waals surface area contributed by atoms with E-state index in [1.54, 1.807) is 7.11 Å². The van der Waals surface area contributed by atoms with Gasteiger partial charge in [-0.15, -0.1) is 0 Å². The summed E-state index contributed by atoms with van der Waals surface area (Å²) in [6.45, 7) is 4.30. The molecule has 0 bridgehead atoms. The van der Waals surface area contributed by atoms with Gasteiger partial charge in [0.2, 0.25) is 0 Å². The molecule has 0 aliphatic carbocycles. The van der Waals surface area contributed by atoms with Gasteiger partial charge in [-0.25, -0.2) is 15.0 Å². The lowest BCUT2D eigenvalue weighted by Crippen LogP contribution is -2.30. The summed E-state index contributed by atoms with van der Waals surface area (Å²) in [6, 6.07) is 10.5. The normalized spacial score (nSPS) is 13.9. The smallest absolute Gasteiger partial charge is 0.136 e. The van der Waals surface area contributed by atoms with Gasteiger partial charge in [-0.05, 0) is 49.8 Å². The Balaban J connectivity index is 1.46. The molecule has 0 saturated carbocycles. The number of pyridine rings is 2. The zero-order valence-corrected chi connectivity index (χ0v) is 20.8. The molecule has 0 aromatic carbocycles. The molecule has 1 aliphatic rings. The summed E-state index contributed by atoms with van der Waals surface area (Å²) in [6.07, 6.45) is 14.1. The van der Waals surface area contributed by atoms with E-state index in [4.69, 9.17) is 19.7 Å². The molecule has 1 fully saturated rings. The van der Waals surface area contributed by atoms with Gasteiger partial charge < -0.3 is 14.0 Å². The number of aryl methyl sites for hydroxylation is 1. The van der Waals surface area contributed by atoms with Crippen LogP contribution in [0.4, 0.5) is 5.82 Å². The van der Waals surface area contributed by atoms with Crippen molar-refractivity contribution in [1.29, 1.82) is 0 Å². The Morgan fingerprint density at radius 2 is 1.71 bits per heavy atom. The molecule has 0 radical (unpaired) electrons. The lowest BCUT2D eigenvalue weighted by molar-refractivity contribution is 0.412. The van der Waals surface area contributed by atoms with Crippen LogP contribution in [0.15, 0.2) is 48.9 Å². The quantitative estimate of drug-likeness (QED) is 0.341. The first-order valence-electron chi connectivity index (χ1n) is 12.8. The van der Waals surface area contributed by atoms with Crippen molar-refractivity contribution in [2.45, 2.75) is 58.3 Å². The first kappa shape index (κ1) is 23.3. The standard InChI is InChI=1S/C28H34N6O/c1-3-4-8-22-17-25(35-2)18-24(30-22)19-26-31-23(20-28(32-26)33-11-6-5-7-12-33)15-21-9-13-34-14-10-29-27(34)16-21/h9-10,13-14,16-18,20H,3-8,11-12,15,19H2,1-2H3. The van der Waals surface area contributed by atoms with Crippen molar-refractivity contribution in [3.8, 4) is 5.75 Å². The maximum atomic E-state index is 5.57. The monoisotopic (exact) mass is 470 g/mol. The fourth-order valence-electron chi connectivity index (χ4n) is 4.74. The molecule has 0 atom stereocenters. The number of ether oxygens (including phenoxy) is 1. The van der Waals surface area contributed by atoms with Gasteiger partial charge >= 0.3 is 0 Å². The summed E-state index contributed by atoms with van der Waals surface area (Å²) in [5, 5.41) is 0. The van der Waals surface area contributed by atoms with Crippen LogP contribution in [-0.2, 0) is 19.3 Å². The highest BCUT2D eigenvalue weighted by molar-refractivity contribution is 5.45. The zero-order valence-electron chi connectivity index (χ0n) is 20.8. The lowest BCUT2D eigenvalue weighted by atomic mass is 10.1. The second kappa shape index (κ2) is 10.8. The molecular weight excluding hydrogens is 436 g/mol. The highest BCUT2D eigenvalue weighted by atomic mass is 16.5. The number of imidazole rings is 1. The maximum absolute atomic E-state index is 5.57. The second-order valence-electron chi connectivity index (χ2n) is 9.36. The SMILES string of the molecule is CCCCc1cc(OC)cc(Cc2nc(Cc3ccn4ccnc4c3)cc(N3CCCCC3)n2)n1. The number of methoxy groups -OCH3 is 1. The number of fused-ring (bicyclic) bond motifs is 1. The van der Waals surface area contributed by atoms with Crippen molar-refractivity contribution in [1.82, 2.24) is 24.3 Å². The third-order valence-electron chi connectivity index (χ3n) is 6.61. The van der Waals surface area contributed by atoms with Crippen LogP contribution >= 0.6 is 0 Å². The van der Waals surface area contributed by atoms with Crippen LogP contribution in [0.1, 0.15) is 67.5 Å². The maximum Gasteiger partial charge on any atom is 0.136 e. The summed E-state index contributed by atoms with van der Waals surface area (Å²) in [5.41, 5.74) is 5.20. The zero-order chi connectivity index (χ0) is 24.0. The fraction of sp³-hybridized carbons (Fsp3) is 0.429. The largest absolute Gasteiger partial charge is 0.497 e. The summed E-state index contributed by atoms with van der Waals surface area (Å²) in [7, 11) is 1.71. The molecule has 7 heteroatoms. The first-order valence-corrected chi connectivity index (χ1v) is 12.8. The van der Waals surface area contributed by atoms with Crippen molar-refractivity contribution in [2.24, 2.45) is 0 Å². The van der Waals surface area contributed by atoms with Crippen LogP contribution in [0.25, 0.3) is 5.65 Å². The van der Waals surface area contributed by atoms with Gasteiger partial charge in [-0.1, -0.05) is 13.3 Å². The molecule has 1 aliphatic heterocycles. The molecule has 35 heavy (non-hydrogen) atoms. The summed E-state index contributed by atoms with van der Waals surface area (Å²) in [5.74, 6) is 2.69. The molecule has 0 unspecified atom stereocenters. The lowest BCUT2D eigenvalue weighted by Gasteiger charge is -2.28. The predicted molar refractivity (Wildman–Crippen MR) is 138 cm³/mol. The van der Waals surface area contributed by atoms with Gasteiger partial charge in [0.25, 0.3) is 0 Å². The minimum atomic E-state index is 0.588. The number of unbranched alkanes of at least 4 members (excludes halogenated alkanes) is 1. The van der Waals surface area contributed by atoms with Gasteiger partial charge in [0.15, 0.2) is 0 Å². The van der Waals surface area contributed by atoms with E-state index in [0.29, 0.717) is 6.42 Å². The van der Waals surface area contributed by atoms with Crippen LogP contribution in [0.3, 0.4) is 0 Å². The summed E-state index contributed by atoms with van der Waals surface area (Å²) >= 11 is 0. The Bertz CT molecular complexity index is 1280. The molecule has 7 nitrogen and oxygen atoms in total. The number of aromatic nitrogens is 5. The van der Waals surface area contributed by atoms with Gasteiger partial charge in [0, 0.05) is 62.0 Å². The van der Waals surface area contributed by atoms with E-state index in [2.05, 4.69) is 41.2 Å². The van der Waals surface area contributed by atoms with Gasteiger partial charge in [0.1, 0.15) is 23.0 Å². The van der Waals surface area contributed by atoms with Crippen molar-refractivity contribution in [3.63, 3.8) is 0 Å². The molecule has 5 heterocycles.